The summed E-state index contributed by atoms with van der Waals surface area (Å²) in [7, 11) is 0. The second-order valence-corrected chi connectivity index (χ2v) is 8.51. The van der Waals surface area contributed by atoms with Gasteiger partial charge in [0, 0.05) is 6.42 Å². The average Bonchev–Trinajstić information content (AvgIpc) is 2.48. The van der Waals surface area contributed by atoms with Gasteiger partial charge in [-0.3, -0.25) is 9.59 Å². The fraction of sp³-hybridized carbons (Fsp3) is 0.800. The van der Waals surface area contributed by atoms with Crippen molar-refractivity contribution in [2.24, 2.45) is 28.6 Å². The highest BCUT2D eigenvalue weighted by molar-refractivity contribution is 5.76. The molecule has 1 saturated carbocycles. The van der Waals surface area contributed by atoms with E-state index >= 15 is 0 Å². The van der Waals surface area contributed by atoms with Crippen molar-refractivity contribution in [3.05, 3.63) is 11.6 Å². The zero-order valence-corrected chi connectivity index (χ0v) is 15.1. The molecule has 5 atom stereocenters. The van der Waals surface area contributed by atoms with E-state index in [9.17, 15) is 9.59 Å². The van der Waals surface area contributed by atoms with Crippen LogP contribution in [-0.2, 0) is 9.59 Å². The monoisotopic (exact) mass is 320 g/mol. The summed E-state index contributed by atoms with van der Waals surface area (Å²) in [6.45, 7) is 9.06. The molecule has 0 aromatic heterocycles. The first-order valence-electron chi connectivity index (χ1n) is 9.11. The highest BCUT2D eigenvalue weighted by Crippen LogP contribution is 2.61. The molecular weight excluding hydrogens is 288 g/mol. The molecule has 0 bridgehead atoms. The number of carboxylic acids is 1. The molecule has 1 fully saturated rings. The molecule has 5 unspecified atom stereocenters. The first-order valence-corrected chi connectivity index (χ1v) is 9.11. The van der Waals surface area contributed by atoms with Gasteiger partial charge in [0.15, 0.2) is 0 Å². The third kappa shape index (κ3) is 3.39. The number of fused-ring (bicyclic) bond motifs is 1. The van der Waals surface area contributed by atoms with Crippen LogP contribution in [0.15, 0.2) is 11.6 Å². The van der Waals surface area contributed by atoms with Gasteiger partial charge in [0.1, 0.15) is 6.29 Å². The van der Waals surface area contributed by atoms with E-state index in [1.165, 1.54) is 0 Å². The van der Waals surface area contributed by atoms with Crippen LogP contribution in [0.5, 0.6) is 0 Å². The maximum atomic E-state index is 11.6. The molecule has 3 heteroatoms. The van der Waals surface area contributed by atoms with Crippen LogP contribution in [0, 0.1) is 28.6 Å². The molecule has 3 nitrogen and oxygen atoms in total. The minimum Gasteiger partial charge on any atom is -0.481 e. The van der Waals surface area contributed by atoms with E-state index in [4.69, 9.17) is 5.11 Å². The van der Waals surface area contributed by atoms with Crippen LogP contribution in [0.4, 0.5) is 0 Å². The number of aldehydes is 1. The van der Waals surface area contributed by atoms with Gasteiger partial charge in [0.25, 0.3) is 0 Å². The van der Waals surface area contributed by atoms with Crippen molar-refractivity contribution in [1.82, 2.24) is 0 Å². The molecule has 0 amide bonds. The highest BCUT2D eigenvalue weighted by atomic mass is 16.4. The molecule has 0 aliphatic heterocycles. The molecule has 130 valence electrons. The Morgan fingerprint density at radius 2 is 2.13 bits per heavy atom. The summed E-state index contributed by atoms with van der Waals surface area (Å²) in [6, 6.07) is 0. The van der Waals surface area contributed by atoms with Crippen molar-refractivity contribution in [3.63, 3.8) is 0 Å². The lowest BCUT2D eigenvalue weighted by atomic mass is 9.47. The standard InChI is InChI=1S/C20H32O3/c1-14(12-18(22)23)8-10-19(3)15(2)9-11-20(4)16(13-21)6-5-7-17(19)20/h6,13-15,17H,5,7-12H2,1-4H3,(H,22,23). The summed E-state index contributed by atoms with van der Waals surface area (Å²) in [6.07, 6.45) is 9.91. The van der Waals surface area contributed by atoms with Gasteiger partial charge in [-0.05, 0) is 72.7 Å². The third-order valence-electron chi connectivity index (χ3n) is 7.09. The van der Waals surface area contributed by atoms with Gasteiger partial charge in [-0.1, -0.05) is 33.8 Å². The molecule has 2 rings (SSSR count). The molecule has 0 saturated heterocycles. The Balaban J connectivity index is 2.19. The Morgan fingerprint density at radius 1 is 1.43 bits per heavy atom. The number of carbonyl (C=O) groups is 2. The zero-order valence-electron chi connectivity index (χ0n) is 15.1. The van der Waals surface area contributed by atoms with E-state index in [1.807, 2.05) is 6.92 Å². The predicted octanol–water partition coefficient (Wildman–Crippen LogP) is 4.86. The first-order chi connectivity index (χ1) is 10.7. The summed E-state index contributed by atoms with van der Waals surface area (Å²) in [5.74, 6) is 0.673. The Kier molecular flexibility index (Phi) is 5.37. The number of aliphatic carboxylic acids is 1. The molecular formula is C20H32O3. The molecule has 0 radical (unpaired) electrons. The minimum absolute atomic E-state index is 0.0112. The lowest BCUT2D eigenvalue weighted by Crippen LogP contribution is -2.50. The van der Waals surface area contributed by atoms with Crippen LogP contribution in [0.1, 0.15) is 72.6 Å². The Hall–Kier alpha value is -1.12. The van der Waals surface area contributed by atoms with Crippen LogP contribution in [0.25, 0.3) is 0 Å². The second-order valence-electron chi connectivity index (χ2n) is 8.51. The van der Waals surface area contributed by atoms with Gasteiger partial charge in [-0.2, -0.15) is 0 Å². The van der Waals surface area contributed by atoms with Crippen LogP contribution < -0.4 is 0 Å². The zero-order chi connectivity index (χ0) is 17.3. The van der Waals surface area contributed by atoms with Crippen molar-refractivity contribution >= 4 is 12.3 Å². The van der Waals surface area contributed by atoms with Crippen LogP contribution in [0.2, 0.25) is 0 Å². The predicted molar refractivity (Wildman–Crippen MR) is 92.1 cm³/mol. The SMILES string of the molecule is CC(CCC1(C)C(C)CCC2(C)C(C=O)=CCCC21)CC(=O)O. The average molecular weight is 320 g/mol. The first kappa shape index (κ1) is 18.2. The number of hydrogen-bond acceptors (Lipinski definition) is 2. The lowest BCUT2D eigenvalue weighted by Gasteiger charge is -2.57. The number of carboxylic acid groups (broad SMARTS) is 1. The molecule has 23 heavy (non-hydrogen) atoms. The van der Waals surface area contributed by atoms with Gasteiger partial charge in [0.05, 0.1) is 0 Å². The van der Waals surface area contributed by atoms with Crippen LogP contribution >= 0.6 is 0 Å². The van der Waals surface area contributed by atoms with E-state index in [0.29, 0.717) is 11.8 Å². The normalized spacial score (nSPS) is 38.3. The Morgan fingerprint density at radius 3 is 2.74 bits per heavy atom. The molecule has 2 aliphatic rings. The minimum atomic E-state index is -0.701. The fourth-order valence-corrected chi connectivity index (χ4v) is 5.28. The largest absolute Gasteiger partial charge is 0.481 e. The third-order valence-corrected chi connectivity index (χ3v) is 7.09. The van der Waals surface area contributed by atoms with Crippen LogP contribution in [-0.4, -0.2) is 17.4 Å². The second kappa shape index (κ2) is 6.78. The summed E-state index contributed by atoms with van der Waals surface area (Å²) < 4.78 is 0. The van der Waals surface area contributed by atoms with Crippen molar-refractivity contribution in [2.45, 2.75) is 72.6 Å². The summed E-state index contributed by atoms with van der Waals surface area (Å²) in [5.41, 5.74) is 1.21. The summed E-state index contributed by atoms with van der Waals surface area (Å²) in [4.78, 5) is 22.5. The van der Waals surface area contributed by atoms with Gasteiger partial charge >= 0.3 is 5.97 Å². The summed E-state index contributed by atoms with van der Waals surface area (Å²) in [5, 5.41) is 8.99. The van der Waals surface area contributed by atoms with Gasteiger partial charge in [0.2, 0.25) is 0 Å². The maximum Gasteiger partial charge on any atom is 0.303 e. The number of allylic oxidation sites excluding steroid dienone is 2. The summed E-state index contributed by atoms with van der Waals surface area (Å²) >= 11 is 0. The number of rotatable bonds is 6. The number of carbonyl (C=O) groups excluding carboxylic acids is 1. The molecule has 0 spiro atoms. The van der Waals surface area contributed by atoms with Crippen molar-refractivity contribution in [1.29, 1.82) is 0 Å². The van der Waals surface area contributed by atoms with Gasteiger partial charge in [-0.15, -0.1) is 0 Å². The van der Waals surface area contributed by atoms with E-state index in [2.05, 4.69) is 26.8 Å². The Labute approximate surface area is 140 Å². The number of hydrogen-bond donors (Lipinski definition) is 1. The maximum absolute atomic E-state index is 11.6. The lowest BCUT2D eigenvalue weighted by molar-refractivity contribution is -0.138. The van der Waals surface area contributed by atoms with Crippen molar-refractivity contribution in [2.75, 3.05) is 0 Å². The smallest absolute Gasteiger partial charge is 0.303 e. The van der Waals surface area contributed by atoms with Crippen molar-refractivity contribution in [3.8, 4) is 0 Å². The molecule has 0 aromatic rings. The van der Waals surface area contributed by atoms with E-state index in [-0.39, 0.29) is 23.2 Å². The molecule has 1 N–H and O–H groups in total. The van der Waals surface area contributed by atoms with Crippen molar-refractivity contribution < 1.29 is 14.7 Å². The van der Waals surface area contributed by atoms with Gasteiger partial charge < -0.3 is 5.11 Å². The highest BCUT2D eigenvalue weighted by Gasteiger charge is 2.53. The molecule has 0 heterocycles. The molecule has 0 aromatic carbocycles. The van der Waals surface area contributed by atoms with E-state index in [1.54, 1.807) is 0 Å². The van der Waals surface area contributed by atoms with E-state index < -0.39 is 5.97 Å². The quantitative estimate of drug-likeness (QED) is 0.711. The molecule has 2 aliphatic carbocycles. The fourth-order valence-electron chi connectivity index (χ4n) is 5.28. The van der Waals surface area contributed by atoms with Gasteiger partial charge in [-0.25, -0.2) is 0 Å². The van der Waals surface area contributed by atoms with Crippen LogP contribution in [0.3, 0.4) is 0 Å². The Bertz CT molecular complexity index is 495. The van der Waals surface area contributed by atoms with E-state index in [0.717, 1.165) is 50.4 Å². The topological polar surface area (TPSA) is 54.4 Å².